The van der Waals surface area contributed by atoms with Gasteiger partial charge in [-0.3, -0.25) is 4.68 Å². The van der Waals surface area contributed by atoms with E-state index in [0.29, 0.717) is 26.2 Å². The van der Waals surface area contributed by atoms with Gasteiger partial charge >= 0.3 is 0 Å². The maximum absolute atomic E-state index is 12.7. The van der Waals surface area contributed by atoms with E-state index in [1.807, 2.05) is 13.8 Å². The van der Waals surface area contributed by atoms with Crippen molar-refractivity contribution in [2.75, 3.05) is 26.8 Å². The summed E-state index contributed by atoms with van der Waals surface area (Å²) < 4.78 is 33.5. The molecule has 1 aromatic rings. The first kappa shape index (κ1) is 18.1. The third-order valence-corrected chi connectivity index (χ3v) is 5.37. The number of rotatable bonds is 10. The van der Waals surface area contributed by atoms with Gasteiger partial charge in [-0.25, -0.2) is 8.42 Å². The van der Waals surface area contributed by atoms with Crippen molar-refractivity contribution in [3.05, 3.63) is 12.4 Å². The number of nitrogens with two attached hydrogens (primary N) is 1. The molecule has 0 aliphatic heterocycles. The van der Waals surface area contributed by atoms with Gasteiger partial charge in [-0.1, -0.05) is 6.92 Å². The minimum Gasteiger partial charge on any atom is -0.383 e. The summed E-state index contributed by atoms with van der Waals surface area (Å²) in [6.07, 6.45) is 4.46. The lowest BCUT2D eigenvalue weighted by molar-refractivity contribution is 0.167. The van der Waals surface area contributed by atoms with E-state index in [-0.39, 0.29) is 10.9 Å². The molecule has 1 unspecified atom stereocenters. The van der Waals surface area contributed by atoms with Gasteiger partial charge in [-0.05, 0) is 26.3 Å². The van der Waals surface area contributed by atoms with Crippen LogP contribution in [0.3, 0.4) is 0 Å². The van der Waals surface area contributed by atoms with Gasteiger partial charge in [0, 0.05) is 32.4 Å². The predicted octanol–water partition coefficient (Wildman–Crippen LogP) is 0.668. The number of aromatic nitrogens is 2. The van der Waals surface area contributed by atoms with Gasteiger partial charge in [0.05, 0.1) is 12.8 Å². The van der Waals surface area contributed by atoms with Crippen molar-refractivity contribution in [2.24, 2.45) is 5.73 Å². The Kier molecular flexibility index (Phi) is 7.30. The van der Waals surface area contributed by atoms with Crippen LogP contribution in [0.1, 0.15) is 26.7 Å². The van der Waals surface area contributed by atoms with Crippen LogP contribution < -0.4 is 5.73 Å². The summed E-state index contributed by atoms with van der Waals surface area (Å²) in [5.74, 6) is 0. The molecule has 1 rings (SSSR count). The monoisotopic (exact) mass is 318 g/mol. The maximum Gasteiger partial charge on any atom is 0.246 e. The van der Waals surface area contributed by atoms with Crippen LogP contribution >= 0.6 is 0 Å². The Bertz CT molecular complexity index is 515. The van der Waals surface area contributed by atoms with Crippen LogP contribution in [0.4, 0.5) is 0 Å². The second-order valence-electron chi connectivity index (χ2n) is 4.95. The topological polar surface area (TPSA) is 90.5 Å². The molecule has 0 radical (unpaired) electrons. The number of sulfonamides is 1. The first-order chi connectivity index (χ1) is 9.97. The van der Waals surface area contributed by atoms with E-state index in [0.717, 1.165) is 12.8 Å². The molecule has 122 valence electrons. The highest BCUT2D eigenvalue weighted by Crippen LogP contribution is 2.19. The molecule has 0 aliphatic rings. The van der Waals surface area contributed by atoms with E-state index in [1.54, 1.807) is 18.0 Å². The fourth-order valence-electron chi connectivity index (χ4n) is 1.95. The summed E-state index contributed by atoms with van der Waals surface area (Å²) in [7, 11) is -1.99. The largest absolute Gasteiger partial charge is 0.383 e. The van der Waals surface area contributed by atoms with Gasteiger partial charge in [0.2, 0.25) is 10.0 Å². The third kappa shape index (κ3) is 4.77. The lowest BCUT2D eigenvalue weighted by Gasteiger charge is -2.26. The summed E-state index contributed by atoms with van der Waals surface area (Å²) in [4.78, 5) is 0.218. The Morgan fingerprint density at radius 1 is 1.52 bits per heavy atom. The van der Waals surface area contributed by atoms with Crippen LogP contribution in [-0.4, -0.2) is 55.4 Å². The molecule has 8 heteroatoms. The lowest BCUT2D eigenvalue weighted by Crippen LogP contribution is -2.40. The average molecular weight is 318 g/mol. The van der Waals surface area contributed by atoms with E-state index in [4.69, 9.17) is 10.5 Å². The Hall–Kier alpha value is -0.960. The molecule has 0 spiro atoms. The summed E-state index contributed by atoms with van der Waals surface area (Å²) in [5.41, 5.74) is 5.45. The summed E-state index contributed by atoms with van der Waals surface area (Å²) in [6, 6.07) is -0.0856. The van der Waals surface area contributed by atoms with Gasteiger partial charge in [-0.15, -0.1) is 0 Å². The first-order valence-electron chi connectivity index (χ1n) is 7.20. The maximum atomic E-state index is 12.7. The molecule has 21 heavy (non-hydrogen) atoms. The van der Waals surface area contributed by atoms with E-state index in [1.165, 1.54) is 10.5 Å². The molecule has 0 aliphatic carbocycles. The molecule has 1 heterocycles. The van der Waals surface area contributed by atoms with Gasteiger partial charge in [0.1, 0.15) is 4.90 Å². The molecule has 0 saturated heterocycles. The second-order valence-corrected chi connectivity index (χ2v) is 6.84. The predicted molar refractivity (Wildman–Crippen MR) is 81.4 cm³/mol. The zero-order chi connectivity index (χ0) is 15.9. The number of aryl methyl sites for hydroxylation is 1. The first-order valence-corrected chi connectivity index (χ1v) is 8.64. The van der Waals surface area contributed by atoms with E-state index < -0.39 is 10.0 Å². The van der Waals surface area contributed by atoms with Crippen LogP contribution in [0.25, 0.3) is 0 Å². The highest BCUT2D eigenvalue weighted by molar-refractivity contribution is 7.89. The Labute approximate surface area is 127 Å². The molecule has 0 saturated carbocycles. The fraction of sp³-hybridized carbons (Fsp3) is 0.769. The molecular formula is C13H26N4O3S. The Balaban J connectivity index is 2.96. The number of hydrogen-bond donors (Lipinski definition) is 1. The van der Waals surface area contributed by atoms with Crippen LogP contribution in [0.15, 0.2) is 17.3 Å². The summed E-state index contributed by atoms with van der Waals surface area (Å²) in [6.45, 7) is 5.73. The molecule has 7 nitrogen and oxygen atoms in total. The molecule has 2 N–H and O–H groups in total. The molecule has 0 fully saturated rings. The quantitative estimate of drug-likeness (QED) is 0.684. The number of ether oxygens (including phenoxy) is 1. The fourth-order valence-corrected chi connectivity index (χ4v) is 3.59. The zero-order valence-corrected chi connectivity index (χ0v) is 13.8. The Morgan fingerprint density at radius 2 is 2.24 bits per heavy atom. The van der Waals surface area contributed by atoms with Crippen molar-refractivity contribution in [1.82, 2.24) is 14.1 Å². The van der Waals surface area contributed by atoms with Crippen LogP contribution in [-0.2, 0) is 21.3 Å². The number of hydrogen-bond acceptors (Lipinski definition) is 5. The molecule has 0 amide bonds. The minimum atomic E-state index is -3.55. The lowest BCUT2D eigenvalue weighted by atomic mass is 10.3. The van der Waals surface area contributed by atoms with Crippen molar-refractivity contribution in [1.29, 1.82) is 0 Å². The third-order valence-electron chi connectivity index (χ3n) is 3.41. The molecule has 1 aromatic heterocycles. The summed E-state index contributed by atoms with van der Waals surface area (Å²) >= 11 is 0. The van der Waals surface area contributed by atoms with Crippen molar-refractivity contribution < 1.29 is 13.2 Å². The highest BCUT2D eigenvalue weighted by Gasteiger charge is 2.29. The van der Waals surface area contributed by atoms with Crippen molar-refractivity contribution >= 4 is 10.0 Å². The van der Waals surface area contributed by atoms with Crippen LogP contribution in [0, 0.1) is 0 Å². The SMILES string of the molecule is CCC(C)N(CCOC)S(=O)(=O)c1cnn(CCCN)c1. The van der Waals surface area contributed by atoms with E-state index in [9.17, 15) is 8.42 Å². The van der Waals surface area contributed by atoms with Crippen LogP contribution in [0.2, 0.25) is 0 Å². The van der Waals surface area contributed by atoms with Gasteiger partial charge in [0.15, 0.2) is 0 Å². The van der Waals surface area contributed by atoms with Gasteiger partial charge in [-0.2, -0.15) is 9.40 Å². The minimum absolute atomic E-state index is 0.0856. The molecular weight excluding hydrogens is 292 g/mol. The van der Waals surface area contributed by atoms with E-state index >= 15 is 0 Å². The van der Waals surface area contributed by atoms with E-state index in [2.05, 4.69) is 5.10 Å². The number of nitrogens with zero attached hydrogens (tertiary/aromatic N) is 3. The van der Waals surface area contributed by atoms with Gasteiger partial charge < -0.3 is 10.5 Å². The number of methoxy groups -OCH3 is 1. The molecule has 1 atom stereocenters. The summed E-state index contributed by atoms with van der Waals surface area (Å²) in [5, 5.41) is 4.09. The Morgan fingerprint density at radius 3 is 2.81 bits per heavy atom. The second kappa shape index (κ2) is 8.47. The van der Waals surface area contributed by atoms with Crippen molar-refractivity contribution in [3.63, 3.8) is 0 Å². The van der Waals surface area contributed by atoms with Crippen molar-refractivity contribution in [2.45, 2.75) is 44.2 Å². The highest BCUT2D eigenvalue weighted by atomic mass is 32.2. The van der Waals surface area contributed by atoms with Gasteiger partial charge in [0.25, 0.3) is 0 Å². The normalized spacial score (nSPS) is 13.8. The smallest absolute Gasteiger partial charge is 0.246 e. The average Bonchev–Trinajstić information content (AvgIpc) is 2.94. The van der Waals surface area contributed by atoms with Crippen LogP contribution in [0.5, 0.6) is 0 Å². The van der Waals surface area contributed by atoms with Crippen molar-refractivity contribution in [3.8, 4) is 0 Å². The molecule has 0 aromatic carbocycles. The molecule has 0 bridgehead atoms. The standard InChI is InChI=1S/C13H26N4O3S/c1-4-12(2)17(8-9-20-3)21(18,19)13-10-15-16(11-13)7-5-6-14/h10-12H,4-9,14H2,1-3H3. The zero-order valence-electron chi connectivity index (χ0n) is 13.0.